The van der Waals surface area contributed by atoms with Gasteiger partial charge in [-0.05, 0) is 70.8 Å². The minimum Gasteiger partial charge on any atom is -0.309 e. The Morgan fingerprint density at radius 3 is 1.68 bits per heavy atom. The second kappa shape index (κ2) is 13.3. The van der Waals surface area contributed by atoms with E-state index in [1.807, 2.05) is 47.7 Å². The highest BCUT2D eigenvalue weighted by Gasteiger charge is 2.17. The van der Waals surface area contributed by atoms with Crippen molar-refractivity contribution in [3.8, 4) is 62.1 Å². The lowest BCUT2D eigenvalue weighted by Gasteiger charge is -2.12. The Bertz CT molecular complexity index is 3240. The fourth-order valence-corrected chi connectivity index (χ4v) is 9.21. The van der Waals surface area contributed by atoms with Gasteiger partial charge in [0.1, 0.15) is 0 Å². The number of para-hydroxylation sites is 1. The van der Waals surface area contributed by atoms with Gasteiger partial charge in [-0.15, -0.1) is 11.3 Å². The van der Waals surface area contributed by atoms with Crippen LogP contribution in [0.25, 0.3) is 104 Å². The first-order chi connectivity index (χ1) is 27.7. The molecule has 0 saturated heterocycles. The van der Waals surface area contributed by atoms with Crippen LogP contribution in [0.15, 0.2) is 194 Å². The minimum atomic E-state index is 0.631. The molecule has 0 aliphatic carbocycles. The molecule has 0 saturated carbocycles. The molecule has 3 heterocycles. The summed E-state index contributed by atoms with van der Waals surface area (Å²) in [5, 5.41) is 5.07. The summed E-state index contributed by atoms with van der Waals surface area (Å²) >= 11 is 1.87. The predicted octanol–water partition coefficient (Wildman–Crippen LogP) is 13.7. The Kier molecular flexibility index (Phi) is 7.64. The molecule has 0 aliphatic rings. The molecule has 5 heteroatoms. The van der Waals surface area contributed by atoms with Crippen molar-refractivity contribution in [2.24, 2.45) is 0 Å². The molecule has 56 heavy (non-hydrogen) atoms. The first-order valence-electron chi connectivity index (χ1n) is 18.8. The Morgan fingerprint density at radius 1 is 0.339 bits per heavy atom. The Balaban J connectivity index is 1.04. The van der Waals surface area contributed by atoms with Gasteiger partial charge < -0.3 is 4.57 Å². The van der Waals surface area contributed by atoms with Gasteiger partial charge in [-0.25, -0.2) is 15.0 Å². The second-order valence-corrected chi connectivity index (χ2v) is 15.1. The van der Waals surface area contributed by atoms with Crippen LogP contribution in [0.1, 0.15) is 0 Å². The second-order valence-electron chi connectivity index (χ2n) is 14.0. The molecule has 0 fully saturated rings. The molecule has 0 bridgehead atoms. The molecular weight excluding hydrogens is 701 g/mol. The van der Waals surface area contributed by atoms with Crippen LogP contribution in [-0.4, -0.2) is 19.5 Å². The quantitative estimate of drug-likeness (QED) is 0.171. The zero-order chi connectivity index (χ0) is 37.0. The first-order valence-corrected chi connectivity index (χ1v) is 19.6. The SMILES string of the molecule is c1ccc(-c2cccc(-c3nc(-c4ccccc4)nc(-c4ccc(-n5c6ccccc6c6ccc(-c7cccc8c7sc7ccccc78)cc65)cc4)n3)c2)cc1. The summed E-state index contributed by atoms with van der Waals surface area (Å²) in [4.78, 5) is 15.1. The van der Waals surface area contributed by atoms with Gasteiger partial charge in [0.25, 0.3) is 0 Å². The summed E-state index contributed by atoms with van der Waals surface area (Å²) in [6, 6.07) is 68.6. The molecule has 11 aromatic rings. The third-order valence-electron chi connectivity index (χ3n) is 10.7. The summed E-state index contributed by atoms with van der Waals surface area (Å²) in [6.07, 6.45) is 0. The normalized spacial score (nSPS) is 11.6. The Labute approximate surface area is 327 Å². The molecule has 0 unspecified atom stereocenters. The summed E-state index contributed by atoms with van der Waals surface area (Å²) in [7, 11) is 0. The Morgan fingerprint density at radius 2 is 0.893 bits per heavy atom. The van der Waals surface area contributed by atoms with Crippen molar-refractivity contribution in [1.29, 1.82) is 0 Å². The highest BCUT2D eigenvalue weighted by molar-refractivity contribution is 7.26. The van der Waals surface area contributed by atoms with Crippen LogP contribution in [0.4, 0.5) is 0 Å². The molecule has 3 aromatic heterocycles. The molecule has 262 valence electrons. The van der Waals surface area contributed by atoms with E-state index < -0.39 is 0 Å². The molecule has 4 nitrogen and oxygen atoms in total. The van der Waals surface area contributed by atoms with Crippen molar-refractivity contribution in [2.75, 3.05) is 0 Å². The minimum absolute atomic E-state index is 0.631. The number of fused-ring (bicyclic) bond motifs is 6. The van der Waals surface area contributed by atoms with Gasteiger partial charge in [0.15, 0.2) is 17.5 Å². The molecule has 8 aromatic carbocycles. The van der Waals surface area contributed by atoms with E-state index in [0.29, 0.717) is 17.5 Å². The van der Waals surface area contributed by atoms with Crippen LogP contribution >= 0.6 is 11.3 Å². The average molecular weight is 733 g/mol. The maximum Gasteiger partial charge on any atom is 0.164 e. The van der Waals surface area contributed by atoms with E-state index in [9.17, 15) is 0 Å². The summed E-state index contributed by atoms with van der Waals surface area (Å²) in [5.41, 5.74) is 10.9. The number of rotatable bonds is 6. The topological polar surface area (TPSA) is 43.6 Å². The van der Waals surface area contributed by atoms with E-state index in [4.69, 9.17) is 15.0 Å². The van der Waals surface area contributed by atoms with Crippen LogP contribution in [0, 0.1) is 0 Å². The van der Waals surface area contributed by atoms with Crippen molar-refractivity contribution in [2.45, 2.75) is 0 Å². The van der Waals surface area contributed by atoms with Gasteiger partial charge in [-0.2, -0.15) is 0 Å². The van der Waals surface area contributed by atoms with Crippen LogP contribution in [0.5, 0.6) is 0 Å². The van der Waals surface area contributed by atoms with Gasteiger partial charge in [0.05, 0.1) is 11.0 Å². The van der Waals surface area contributed by atoms with Crippen molar-refractivity contribution in [3.05, 3.63) is 194 Å². The lowest BCUT2D eigenvalue weighted by Crippen LogP contribution is -2.00. The number of nitrogens with zero attached hydrogens (tertiary/aromatic N) is 4. The maximum atomic E-state index is 5.08. The fourth-order valence-electron chi connectivity index (χ4n) is 7.97. The van der Waals surface area contributed by atoms with E-state index in [0.717, 1.165) is 33.5 Å². The van der Waals surface area contributed by atoms with Gasteiger partial charge in [-0.3, -0.25) is 0 Å². The van der Waals surface area contributed by atoms with Gasteiger partial charge in [-0.1, -0.05) is 146 Å². The van der Waals surface area contributed by atoms with Crippen LogP contribution < -0.4 is 0 Å². The zero-order valence-corrected chi connectivity index (χ0v) is 31.0. The van der Waals surface area contributed by atoms with Crippen LogP contribution in [-0.2, 0) is 0 Å². The largest absolute Gasteiger partial charge is 0.309 e. The molecule has 0 amide bonds. The summed E-state index contributed by atoms with van der Waals surface area (Å²) in [6.45, 7) is 0. The number of hydrogen-bond acceptors (Lipinski definition) is 4. The highest BCUT2D eigenvalue weighted by atomic mass is 32.1. The third kappa shape index (κ3) is 5.48. The van der Waals surface area contributed by atoms with Crippen LogP contribution in [0.3, 0.4) is 0 Å². The predicted molar refractivity (Wildman–Crippen MR) is 234 cm³/mol. The highest BCUT2D eigenvalue weighted by Crippen LogP contribution is 2.42. The lowest BCUT2D eigenvalue weighted by atomic mass is 10.0. The lowest BCUT2D eigenvalue weighted by molar-refractivity contribution is 1.07. The molecule has 0 N–H and O–H groups in total. The van der Waals surface area contributed by atoms with Gasteiger partial charge >= 0.3 is 0 Å². The number of aromatic nitrogens is 4. The van der Waals surface area contributed by atoms with E-state index in [-0.39, 0.29) is 0 Å². The average Bonchev–Trinajstić information content (AvgIpc) is 3.83. The fraction of sp³-hybridized carbons (Fsp3) is 0. The summed E-state index contributed by atoms with van der Waals surface area (Å²) in [5.74, 6) is 1.91. The van der Waals surface area contributed by atoms with Crippen molar-refractivity contribution >= 4 is 53.3 Å². The molecule has 0 atom stereocenters. The maximum absolute atomic E-state index is 5.08. The molecular formula is C51H32N4S. The van der Waals surface area contributed by atoms with Crippen molar-refractivity contribution in [3.63, 3.8) is 0 Å². The molecule has 0 radical (unpaired) electrons. The van der Waals surface area contributed by atoms with Crippen LogP contribution in [0.2, 0.25) is 0 Å². The Hall–Kier alpha value is -7.21. The first kappa shape index (κ1) is 32.2. The van der Waals surface area contributed by atoms with E-state index >= 15 is 0 Å². The van der Waals surface area contributed by atoms with Gasteiger partial charge in [0, 0.05) is 53.3 Å². The van der Waals surface area contributed by atoms with E-state index in [1.54, 1.807) is 0 Å². The van der Waals surface area contributed by atoms with Gasteiger partial charge in [0.2, 0.25) is 0 Å². The third-order valence-corrected chi connectivity index (χ3v) is 11.9. The molecule has 0 aliphatic heterocycles. The smallest absolute Gasteiger partial charge is 0.164 e. The van der Waals surface area contributed by atoms with Crippen molar-refractivity contribution < 1.29 is 0 Å². The van der Waals surface area contributed by atoms with E-state index in [1.165, 1.54) is 53.1 Å². The monoisotopic (exact) mass is 732 g/mol. The standard InChI is InChI=1S/C51H32N4S/c1-3-13-33(14-4-1)36-17-11-18-38(31-36)51-53-49(34-15-5-2-6-16-34)52-50(54-51)35-25-28-39(29-26-35)55-45-23-9-7-19-41(45)42-30-27-37(32-46(42)55)40-21-12-22-44-43-20-8-10-24-47(43)56-48(40)44/h1-32H. The van der Waals surface area contributed by atoms with Crippen molar-refractivity contribution in [1.82, 2.24) is 19.5 Å². The zero-order valence-electron chi connectivity index (χ0n) is 30.2. The molecule has 11 rings (SSSR count). The number of thiophene rings is 1. The summed E-state index contributed by atoms with van der Waals surface area (Å²) < 4.78 is 5.01. The molecule has 0 spiro atoms. The number of hydrogen-bond donors (Lipinski definition) is 0. The van der Waals surface area contributed by atoms with E-state index in [2.05, 4.69) is 162 Å². The number of benzene rings is 8.